The minimum atomic E-state index is -0.0579. The van der Waals surface area contributed by atoms with Crippen molar-refractivity contribution in [3.63, 3.8) is 0 Å². The first-order valence-electron chi connectivity index (χ1n) is 10.4. The molecule has 3 N–H and O–H groups in total. The minimum Gasteiger partial charge on any atom is -0.357 e. The molecule has 0 radical (unpaired) electrons. The van der Waals surface area contributed by atoms with E-state index in [0.29, 0.717) is 31.1 Å². The average molecular weight is 431 g/mol. The van der Waals surface area contributed by atoms with Crippen molar-refractivity contribution >= 4 is 23.2 Å². The Hall–Kier alpha value is -2.45. The molecule has 164 valence electrons. The number of nitrogens with one attached hydrogen (secondary N) is 3. The van der Waals surface area contributed by atoms with Gasteiger partial charge in [0.15, 0.2) is 5.96 Å². The van der Waals surface area contributed by atoms with Crippen LogP contribution >= 0.6 is 11.3 Å². The molecule has 0 bridgehead atoms. The molecule has 2 rings (SSSR count). The first-order valence-corrected chi connectivity index (χ1v) is 11.2. The molecule has 0 saturated heterocycles. The van der Waals surface area contributed by atoms with Crippen molar-refractivity contribution in [1.82, 2.24) is 25.8 Å². The Morgan fingerprint density at radius 3 is 2.70 bits per heavy atom. The smallest absolute Gasteiger partial charge is 0.251 e. The van der Waals surface area contributed by atoms with Gasteiger partial charge in [-0.25, -0.2) is 9.98 Å². The zero-order valence-corrected chi connectivity index (χ0v) is 19.5. The number of benzene rings is 1. The Bertz CT molecular complexity index is 831. The molecule has 1 heterocycles. The lowest BCUT2D eigenvalue weighted by atomic mass is 10.1. The largest absolute Gasteiger partial charge is 0.357 e. The molecule has 2 aromatic rings. The summed E-state index contributed by atoms with van der Waals surface area (Å²) in [5, 5.41) is 12.7. The maximum absolute atomic E-state index is 12.3. The number of carbonyl (C=O) groups excluding carboxylic acids is 1. The van der Waals surface area contributed by atoms with Crippen LogP contribution < -0.4 is 16.0 Å². The molecular weight excluding hydrogens is 396 g/mol. The topological polar surface area (TPSA) is 81.7 Å². The normalized spacial score (nSPS) is 11.8. The van der Waals surface area contributed by atoms with Crippen LogP contribution in [-0.4, -0.2) is 55.5 Å². The Morgan fingerprint density at radius 2 is 2.03 bits per heavy atom. The number of aromatic nitrogens is 1. The summed E-state index contributed by atoms with van der Waals surface area (Å²) in [6, 6.07) is 7.61. The SMILES string of the molecule is CCNC(=NCc1cccc(C(=O)NCCN(C)C)c1)NCc1nc(C(C)C)cs1. The Morgan fingerprint density at radius 1 is 1.23 bits per heavy atom. The fourth-order valence-corrected chi connectivity index (χ4v) is 3.54. The van der Waals surface area contributed by atoms with Gasteiger partial charge in [-0.3, -0.25) is 4.79 Å². The molecule has 1 amide bonds. The minimum absolute atomic E-state index is 0.0579. The zero-order valence-electron chi connectivity index (χ0n) is 18.7. The Kier molecular flexibility index (Phi) is 9.76. The van der Waals surface area contributed by atoms with E-state index in [9.17, 15) is 4.79 Å². The summed E-state index contributed by atoms with van der Waals surface area (Å²) in [5.74, 6) is 1.11. The van der Waals surface area contributed by atoms with Crippen molar-refractivity contribution in [1.29, 1.82) is 0 Å². The fraction of sp³-hybridized carbons (Fsp3) is 0.500. The third-order valence-corrected chi connectivity index (χ3v) is 5.23. The van der Waals surface area contributed by atoms with Gasteiger partial charge in [0.25, 0.3) is 5.91 Å². The van der Waals surface area contributed by atoms with Gasteiger partial charge in [0.05, 0.1) is 18.8 Å². The van der Waals surface area contributed by atoms with Gasteiger partial charge in [0.2, 0.25) is 0 Å². The first kappa shape index (κ1) is 23.8. The lowest BCUT2D eigenvalue weighted by molar-refractivity contribution is 0.0951. The monoisotopic (exact) mass is 430 g/mol. The van der Waals surface area contributed by atoms with Gasteiger partial charge in [-0.15, -0.1) is 11.3 Å². The number of likely N-dealkylation sites (N-methyl/N-ethyl adjacent to an activating group) is 1. The van der Waals surface area contributed by atoms with Gasteiger partial charge in [0, 0.05) is 30.6 Å². The second-order valence-corrected chi connectivity index (χ2v) is 8.57. The Balaban J connectivity index is 1.95. The second-order valence-electron chi connectivity index (χ2n) is 7.63. The summed E-state index contributed by atoms with van der Waals surface area (Å²) in [7, 11) is 3.97. The summed E-state index contributed by atoms with van der Waals surface area (Å²) in [4.78, 5) is 23.7. The van der Waals surface area contributed by atoms with Gasteiger partial charge in [0.1, 0.15) is 5.01 Å². The van der Waals surface area contributed by atoms with Gasteiger partial charge in [-0.1, -0.05) is 26.0 Å². The number of rotatable bonds is 10. The van der Waals surface area contributed by atoms with E-state index in [-0.39, 0.29) is 5.91 Å². The number of carbonyl (C=O) groups is 1. The summed E-state index contributed by atoms with van der Waals surface area (Å²) in [6.45, 7) is 9.66. The van der Waals surface area contributed by atoms with Crippen molar-refractivity contribution in [2.75, 3.05) is 33.7 Å². The van der Waals surface area contributed by atoms with Crippen LogP contribution in [0.3, 0.4) is 0 Å². The molecule has 0 atom stereocenters. The first-order chi connectivity index (χ1) is 14.4. The van der Waals surface area contributed by atoms with E-state index in [0.717, 1.165) is 35.3 Å². The van der Waals surface area contributed by atoms with E-state index < -0.39 is 0 Å². The van der Waals surface area contributed by atoms with Crippen molar-refractivity contribution in [3.05, 3.63) is 51.5 Å². The van der Waals surface area contributed by atoms with E-state index >= 15 is 0 Å². The predicted octanol–water partition coefficient (Wildman–Crippen LogP) is 2.81. The number of nitrogens with zero attached hydrogens (tertiary/aromatic N) is 3. The molecule has 0 aliphatic rings. The van der Waals surface area contributed by atoms with Gasteiger partial charge >= 0.3 is 0 Å². The van der Waals surface area contributed by atoms with E-state index in [1.165, 1.54) is 0 Å². The highest BCUT2D eigenvalue weighted by atomic mass is 32.1. The van der Waals surface area contributed by atoms with Crippen LogP contribution in [0.1, 0.15) is 53.3 Å². The molecule has 0 unspecified atom stereocenters. The Labute approximate surface area is 184 Å². The van der Waals surface area contributed by atoms with Crippen molar-refractivity contribution in [3.8, 4) is 0 Å². The van der Waals surface area contributed by atoms with Crippen molar-refractivity contribution in [2.24, 2.45) is 4.99 Å². The number of hydrogen-bond donors (Lipinski definition) is 3. The van der Waals surface area contributed by atoms with E-state index in [2.05, 4.69) is 45.2 Å². The van der Waals surface area contributed by atoms with Crippen LogP contribution in [0, 0.1) is 0 Å². The maximum atomic E-state index is 12.3. The third-order valence-electron chi connectivity index (χ3n) is 4.37. The van der Waals surface area contributed by atoms with Crippen molar-refractivity contribution in [2.45, 2.75) is 39.8 Å². The van der Waals surface area contributed by atoms with E-state index in [1.807, 2.05) is 50.2 Å². The van der Waals surface area contributed by atoms with Crippen LogP contribution in [0.2, 0.25) is 0 Å². The number of aliphatic imine (C=N–C) groups is 1. The summed E-state index contributed by atoms with van der Waals surface area (Å²) >= 11 is 1.66. The summed E-state index contributed by atoms with van der Waals surface area (Å²) in [5.41, 5.74) is 2.77. The highest BCUT2D eigenvalue weighted by Crippen LogP contribution is 2.17. The molecule has 1 aromatic carbocycles. The number of thiazole rings is 1. The highest BCUT2D eigenvalue weighted by Gasteiger charge is 2.08. The molecule has 0 fully saturated rings. The number of hydrogen-bond acceptors (Lipinski definition) is 5. The predicted molar refractivity (Wildman–Crippen MR) is 125 cm³/mol. The van der Waals surface area contributed by atoms with Crippen LogP contribution in [-0.2, 0) is 13.1 Å². The lowest BCUT2D eigenvalue weighted by Crippen LogP contribution is -2.36. The molecule has 7 nitrogen and oxygen atoms in total. The van der Waals surface area contributed by atoms with E-state index in [1.54, 1.807) is 11.3 Å². The van der Waals surface area contributed by atoms with Crippen LogP contribution in [0.25, 0.3) is 0 Å². The fourth-order valence-electron chi connectivity index (χ4n) is 2.65. The molecule has 1 aromatic heterocycles. The number of amides is 1. The summed E-state index contributed by atoms with van der Waals surface area (Å²) in [6.07, 6.45) is 0. The van der Waals surface area contributed by atoms with Gasteiger partial charge < -0.3 is 20.9 Å². The van der Waals surface area contributed by atoms with Crippen LogP contribution in [0.4, 0.5) is 0 Å². The van der Waals surface area contributed by atoms with Crippen LogP contribution in [0.5, 0.6) is 0 Å². The third kappa shape index (κ3) is 8.12. The average Bonchev–Trinajstić information content (AvgIpc) is 3.19. The van der Waals surface area contributed by atoms with Gasteiger partial charge in [-0.2, -0.15) is 0 Å². The molecule has 30 heavy (non-hydrogen) atoms. The molecule has 8 heteroatoms. The molecule has 0 aliphatic carbocycles. The standard InChI is InChI=1S/C22H34N6OS/c1-6-23-22(26-14-20-27-19(15-30-20)16(2)3)25-13-17-8-7-9-18(12-17)21(29)24-10-11-28(4)5/h7-9,12,15-16H,6,10-11,13-14H2,1-5H3,(H,24,29)(H2,23,25,26). The molecule has 0 spiro atoms. The highest BCUT2D eigenvalue weighted by molar-refractivity contribution is 7.09. The number of guanidine groups is 1. The molecule has 0 aliphatic heterocycles. The quantitative estimate of drug-likeness (QED) is 0.399. The van der Waals surface area contributed by atoms with Gasteiger partial charge in [-0.05, 0) is 44.6 Å². The summed E-state index contributed by atoms with van der Waals surface area (Å²) < 4.78 is 0. The molecule has 0 saturated carbocycles. The molecular formula is C22H34N6OS. The second kappa shape index (κ2) is 12.3. The van der Waals surface area contributed by atoms with Crippen LogP contribution in [0.15, 0.2) is 34.6 Å². The zero-order chi connectivity index (χ0) is 21.9. The van der Waals surface area contributed by atoms with Crippen molar-refractivity contribution < 1.29 is 4.79 Å². The maximum Gasteiger partial charge on any atom is 0.251 e. The van der Waals surface area contributed by atoms with E-state index in [4.69, 9.17) is 0 Å². The lowest BCUT2D eigenvalue weighted by Gasteiger charge is -2.11.